The molecule has 48 heavy (non-hydrogen) atoms. The highest BCUT2D eigenvalue weighted by atomic mass is 35.5. The predicted molar refractivity (Wildman–Crippen MR) is 193 cm³/mol. The van der Waals surface area contributed by atoms with Crippen molar-refractivity contribution in [3.8, 4) is 5.75 Å². The molecule has 254 valence electrons. The fourth-order valence-corrected chi connectivity index (χ4v) is 7.14. The third-order valence-electron chi connectivity index (χ3n) is 7.64. The highest BCUT2D eigenvalue weighted by Crippen LogP contribution is 2.35. The van der Waals surface area contributed by atoms with Crippen LogP contribution in [0.25, 0.3) is 0 Å². The van der Waals surface area contributed by atoms with Gasteiger partial charge in [0.2, 0.25) is 11.8 Å². The number of methoxy groups -OCH3 is 1. The standard InChI is InChI=1S/C36H38Cl3N3O5S/c1-24(2)21-40-36(44)33(19-26-9-6-5-7-10-26)41(22-29-30(38)11-8-12-31(29)39)35(43)23-42(32-20-27(37)15-18-34(32)47-4)48(45,46)28-16-13-25(3)14-17-28/h5-18,20,24,33H,19,21-23H2,1-4H3,(H,40,44)/t33-/m1/s1. The Balaban J connectivity index is 1.88. The van der Waals surface area contributed by atoms with Gasteiger partial charge in [-0.25, -0.2) is 8.42 Å². The number of sulfonamides is 1. The minimum atomic E-state index is -4.37. The van der Waals surface area contributed by atoms with Crippen LogP contribution in [0.5, 0.6) is 5.75 Å². The zero-order valence-electron chi connectivity index (χ0n) is 27.1. The van der Waals surface area contributed by atoms with Crippen LogP contribution in [0.15, 0.2) is 95.9 Å². The Bertz CT molecular complexity index is 1820. The molecule has 0 heterocycles. The first-order valence-electron chi connectivity index (χ1n) is 15.3. The number of hydrogen-bond acceptors (Lipinski definition) is 5. The van der Waals surface area contributed by atoms with Gasteiger partial charge in [0.15, 0.2) is 0 Å². The zero-order valence-corrected chi connectivity index (χ0v) is 30.2. The van der Waals surface area contributed by atoms with Gasteiger partial charge in [-0.3, -0.25) is 13.9 Å². The summed E-state index contributed by atoms with van der Waals surface area (Å²) in [6.07, 6.45) is 0.143. The number of nitrogens with zero attached hydrogens (tertiary/aromatic N) is 2. The normalized spacial score (nSPS) is 12.0. The maximum absolute atomic E-state index is 14.7. The van der Waals surface area contributed by atoms with Crippen LogP contribution in [0.3, 0.4) is 0 Å². The Morgan fingerprint density at radius 3 is 2.12 bits per heavy atom. The summed E-state index contributed by atoms with van der Waals surface area (Å²) in [7, 11) is -2.98. The molecular formula is C36H38Cl3N3O5S. The number of amides is 2. The molecule has 1 atom stereocenters. The van der Waals surface area contributed by atoms with Crippen molar-refractivity contribution in [2.45, 2.75) is 44.7 Å². The SMILES string of the molecule is COc1ccc(Cl)cc1N(CC(=O)N(Cc1c(Cl)cccc1Cl)[C@H](Cc1ccccc1)C(=O)NCC(C)C)S(=O)(=O)c1ccc(C)cc1. The monoisotopic (exact) mass is 729 g/mol. The van der Waals surface area contributed by atoms with E-state index in [-0.39, 0.29) is 40.2 Å². The summed E-state index contributed by atoms with van der Waals surface area (Å²) in [5.41, 5.74) is 2.12. The zero-order chi connectivity index (χ0) is 35.0. The number of carbonyl (C=O) groups excluding carboxylic acids is 2. The van der Waals surface area contributed by atoms with Gasteiger partial charge >= 0.3 is 0 Å². The van der Waals surface area contributed by atoms with Gasteiger partial charge in [0, 0.05) is 40.1 Å². The molecular weight excluding hydrogens is 693 g/mol. The Kier molecular flexibility index (Phi) is 12.8. The van der Waals surface area contributed by atoms with Crippen molar-refractivity contribution in [3.05, 3.63) is 123 Å². The summed E-state index contributed by atoms with van der Waals surface area (Å²) < 4.78 is 35.2. The van der Waals surface area contributed by atoms with Crippen molar-refractivity contribution in [2.75, 3.05) is 24.5 Å². The maximum atomic E-state index is 14.7. The number of anilines is 1. The average Bonchev–Trinajstić information content (AvgIpc) is 3.05. The van der Waals surface area contributed by atoms with Crippen LogP contribution >= 0.6 is 34.8 Å². The van der Waals surface area contributed by atoms with Gasteiger partial charge in [0.25, 0.3) is 10.0 Å². The van der Waals surface area contributed by atoms with E-state index in [1.165, 1.54) is 36.3 Å². The third kappa shape index (κ3) is 9.23. The molecule has 0 fully saturated rings. The third-order valence-corrected chi connectivity index (χ3v) is 10.4. The highest BCUT2D eigenvalue weighted by molar-refractivity contribution is 7.92. The first-order valence-corrected chi connectivity index (χ1v) is 17.9. The molecule has 12 heteroatoms. The van der Waals surface area contributed by atoms with Crippen molar-refractivity contribution in [1.29, 1.82) is 0 Å². The number of benzene rings is 4. The van der Waals surface area contributed by atoms with Crippen LogP contribution in [-0.4, -0.2) is 51.4 Å². The van der Waals surface area contributed by atoms with Gasteiger partial charge < -0.3 is 15.0 Å². The Labute approximate surface area is 297 Å². The summed E-state index contributed by atoms with van der Waals surface area (Å²) in [4.78, 5) is 30.0. The molecule has 0 radical (unpaired) electrons. The number of carbonyl (C=O) groups is 2. The Hall–Kier alpha value is -3.76. The van der Waals surface area contributed by atoms with Gasteiger partial charge in [-0.2, -0.15) is 0 Å². The lowest BCUT2D eigenvalue weighted by atomic mass is 10.0. The molecule has 4 aromatic rings. The van der Waals surface area contributed by atoms with Gasteiger partial charge in [0.05, 0.1) is 17.7 Å². The van der Waals surface area contributed by atoms with Crippen LogP contribution in [0, 0.1) is 12.8 Å². The van der Waals surface area contributed by atoms with Crippen molar-refractivity contribution in [2.24, 2.45) is 5.92 Å². The summed E-state index contributed by atoms with van der Waals surface area (Å²) in [5.74, 6) is -0.764. The molecule has 0 aliphatic carbocycles. The lowest BCUT2D eigenvalue weighted by molar-refractivity contribution is -0.140. The first-order chi connectivity index (χ1) is 22.8. The molecule has 0 aromatic heterocycles. The first kappa shape index (κ1) is 37.1. The Morgan fingerprint density at radius 2 is 1.52 bits per heavy atom. The fraction of sp³-hybridized carbons (Fsp3) is 0.278. The average molecular weight is 731 g/mol. The summed E-state index contributed by atoms with van der Waals surface area (Å²) in [6.45, 7) is 5.27. The molecule has 0 saturated heterocycles. The maximum Gasteiger partial charge on any atom is 0.264 e. The molecule has 0 aliphatic rings. The number of hydrogen-bond donors (Lipinski definition) is 1. The van der Waals surface area contributed by atoms with Crippen molar-refractivity contribution >= 4 is 62.3 Å². The topological polar surface area (TPSA) is 96.0 Å². The van der Waals surface area contributed by atoms with E-state index in [2.05, 4.69) is 5.32 Å². The second kappa shape index (κ2) is 16.6. The van der Waals surface area contributed by atoms with E-state index in [9.17, 15) is 18.0 Å². The largest absolute Gasteiger partial charge is 0.495 e. The van der Waals surface area contributed by atoms with Gasteiger partial charge in [-0.1, -0.05) is 103 Å². The van der Waals surface area contributed by atoms with Crippen LogP contribution < -0.4 is 14.4 Å². The fourth-order valence-electron chi connectivity index (χ4n) is 5.04. The molecule has 0 spiro atoms. The smallest absolute Gasteiger partial charge is 0.264 e. The molecule has 2 amide bonds. The van der Waals surface area contributed by atoms with E-state index in [0.717, 1.165) is 15.4 Å². The molecule has 0 unspecified atom stereocenters. The van der Waals surface area contributed by atoms with Crippen molar-refractivity contribution < 1.29 is 22.7 Å². The van der Waals surface area contributed by atoms with E-state index in [1.807, 2.05) is 51.1 Å². The number of nitrogens with one attached hydrogen (secondary N) is 1. The summed E-state index contributed by atoms with van der Waals surface area (Å²) in [6, 6.07) is 24.0. The van der Waals surface area contributed by atoms with Crippen LogP contribution in [-0.2, 0) is 32.6 Å². The minimum Gasteiger partial charge on any atom is -0.495 e. The summed E-state index contributed by atoms with van der Waals surface area (Å²) >= 11 is 19.5. The Morgan fingerprint density at radius 1 is 0.875 bits per heavy atom. The number of halogens is 3. The summed E-state index contributed by atoms with van der Waals surface area (Å²) in [5, 5.41) is 3.78. The molecule has 1 N–H and O–H groups in total. The van der Waals surface area contributed by atoms with Crippen LogP contribution in [0.2, 0.25) is 15.1 Å². The van der Waals surface area contributed by atoms with Crippen LogP contribution in [0.4, 0.5) is 5.69 Å². The molecule has 4 aromatic carbocycles. The molecule has 0 bridgehead atoms. The van der Waals surface area contributed by atoms with E-state index < -0.39 is 34.4 Å². The molecule has 8 nitrogen and oxygen atoms in total. The van der Waals surface area contributed by atoms with E-state index in [4.69, 9.17) is 39.5 Å². The van der Waals surface area contributed by atoms with Gasteiger partial charge in [-0.15, -0.1) is 0 Å². The second-order valence-corrected chi connectivity index (χ2v) is 14.8. The van der Waals surface area contributed by atoms with Crippen LogP contribution in [0.1, 0.15) is 30.5 Å². The minimum absolute atomic E-state index is 0.0425. The molecule has 0 aliphatic heterocycles. The van der Waals surface area contributed by atoms with Crippen molar-refractivity contribution in [3.63, 3.8) is 0 Å². The van der Waals surface area contributed by atoms with Crippen molar-refractivity contribution in [1.82, 2.24) is 10.2 Å². The quantitative estimate of drug-likeness (QED) is 0.144. The molecule has 0 saturated carbocycles. The highest BCUT2D eigenvalue weighted by Gasteiger charge is 2.36. The van der Waals surface area contributed by atoms with Gasteiger partial charge in [0.1, 0.15) is 18.3 Å². The van der Waals surface area contributed by atoms with Gasteiger partial charge in [-0.05, 0) is 60.9 Å². The molecule has 4 rings (SSSR count). The van der Waals surface area contributed by atoms with E-state index >= 15 is 0 Å². The second-order valence-electron chi connectivity index (χ2n) is 11.7. The predicted octanol–water partition coefficient (Wildman–Crippen LogP) is 7.57. The lowest BCUT2D eigenvalue weighted by Gasteiger charge is -2.34. The van der Waals surface area contributed by atoms with E-state index in [0.29, 0.717) is 22.2 Å². The van der Waals surface area contributed by atoms with E-state index in [1.54, 1.807) is 36.4 Å². The lowest BCUT2D eigenvalue weighted by Crippen LogP contribution is -2.53. The number of ether oxygens (including phenoxy) is 1. The number of aryl methyl sites for hydroxylation is 1. The number of rotatable bonds is 14.